The van der Waals surface area contributed by atoms with Gasteiger partial charge in [0.2, 0.25) is 0 Å². The van der Waals surface area contributed by atoms with Crippen LogP contribution in [-0.4, -0.2) is 23.5 Å². The number of para-hydroxylation sites is 1. The summed E-state index contributed by atoms with van der Waals surface area (Å²) in [4.78, 5) is 28.5. The van der Waals surface area contributed by atoms with Crippen LogP contribution in [0.2, 0.25) is 0 Å². The minimum atomic E-state index is -0.360. The Kier molecular flexibility index (Phi) is 7.36. The zero-order chi connectivity index (χ0) is 20.6. The van der Waals surface area contributed by atoms with Crippen LogP contribution in [0.25, 0.3) is 10.2 Å². The van der Waals surface area contributed by atoms with E-state index in [0.717, 1.165) is 33.6 Å². The van der Waals surface area contributed by atoms with Crippen molar-refractivity contribution in [3.8, 4) is 0 Å². The van der Waals surface area contributed by atoms with Gasteiger partial charge in [-0.05, 0) is 49.4 Å². The van der Waals surface area contributed by atoms with E-state index < -0.39 is 0 Å². The molecule has 1 atom stereocenters. The fourth-order valence-corrected chi connectivity index (χ4v) is 4.05. The molecule has 0 spiro atoms. The van der Waals surface area contributed by atoms with Crippen molar-refractivity contribution < 1.29 is 14.3 Å². The van der Waals surface area contributed by atoms with Crippen molar-refractivity contribution in [3.63, 3.8) is 0 Å². The molecule has 2 aromatic carbocycles. The number of amides is 1. The maximum Gasteiger partial charge on any atom is 0.306 e. The van der Waals surface area contributed by atoms with Crippen molar-refractivity contribution in [2.45, 2.75) is 45.6 Å². The number of carbonyl (C=O) groups excluding carboxylic acids is 2. The topological polar surface area (TPSA) is 68.3 Å². The van der Waals surface area contributed by atoms with Gasteiger partial charge in [-0.25, -0.2) is 4.98 Å². The zero-order valence-corrected chi connectivity index (χ0v) is 17.6. The Bertz CT molecular complexity index is 933. The van der Waals surface area contributed by atoms with E-state index in [1.54, 1.807) is 11.3 Å². The lowest BCUT2D eigenvalue weighted by atomic mass is 10.1. The third kappa shape index (κ3) is 6.12. The Morgan fingerprint density at radius 2 is 1.90 bits per heavy atom. The van der Waals surface area contributed by atoms with Crippen LogP contribution < -0.4 is 5.32 Å². The van der Waals surface area contributed by atoms with Crippen LogP contribution in [0, 0.1) is 0 Å². The molecule has 3 aromatic rings. The molecule has 0 saturated heterocycles. The average molecular weight is 411 g/mol. The number of hydrogen-bond donors (Lipinski definition) is 1. The van der Waals surface area contributed by atoms with Gasteiger partial charge in [0.05, 0.1) is 21.3 Å². The zero-order valence-electron chi connectivity index (χ0n) is 16.8. The molecule has 3 rings (SSSR count). The smallest absolute Gasteiger partial charge is 0.306 e. The summed E-state index contributed by atoms with van der Waals surface area (Å²) >= 11 is 1.65. The summed E-state index contributed by atoms with van der Waals surface area (Å²) < 4.78 is 6.26. The number of esters is 1. The maximum atomic E-state index is 12.1. The van der Waals surface area contributed by atoms with Crippen molar-refractivity contribution in [1.82, 2.24) is 10.3 Å². The van der Waals surface area contributed by atoms with Gasteiger partial charge in [-0.1, -0.05) is 43.3 Å². The minimum absolute atomic E-state index is 0.133. The van der Waals surface area contributed by atoms with Crippen molar-refractivity contribution in [3.05, 3.63) is 64.7 Å². The van der Waals surface area contributed by atoms with Crippen LogP contribution in [0.5, 0.6) is 0 Å². The average Bonchev–Trinajstić information content (AvgIpc) is 3.15. The van der Waals surface area contributed by atoms with Gasteiger partial charge < -0.3 is 10.1 Å². The maximum absolute atomic E-state index is 12.1. The summed E-state index contributed by atoms with van der Waals surface area (Å²) in [6.07, 6.45) is 2.64. The monoisotopic (exact) mass is 410 g/mol. The number of aromatic nitrogens is 1. The molecule has 1 heterocycles. The lowest BCUT2D eigenvalue weighted by Crippen LogP contribution is -2.31. The second kappa shape index (κ2) is 10.2. The SMILES string of the molecule is CCc1ccc([C@H](C)NC(=O)COC(=O)CCCc2nc3ccccc3s2)cc1. The van der Waals surface area contributed by atoms with Crippen LogP contribution >= 0.6 is 11.3 Å². The largest absolute Gasteiger partial charge is 0.456 e. The number of fused-ring (bicyclic) bond motifs is 1. The number of benzene rings is 2. The lowest BCUT2D eigenvalue weighted by molar-refractivity contribution is -0.148. The van der Waals surface area contributed by atoms with Crippen LogP contribution in [0.4, 0.5) is 0 Å². The number of nitrogens with one attached hydrogen (secondary N) is 1. The van der Waals surface area contributed by atoms with Gasteiger partial charge in [0.25, 0.3) is 5.91 Å². The van der Waals surface area contributed by atoms with E-state index in [1.807, 2.05) is 43.3 Å². The second-order valence-electron chi connectivity index (χ2n) is 6.97. The fraction of sp³-hybridized carbons (Fsp3) is 0.348. The van der Waals surface area contributed by atoms with Gasteiger partial charge in [-0.2, -0.15) is 0 Å². The molecule has 0 aliphatic rings. The van der Waals surface area contributed by atoms with Crippen LogP contribution in [0.1, 0.15) is 48.9 Å². The summed E-state index contributed by atoms with van der Waals surface area (Å²) in [7, 11) is 0. The Morgan fingerprint density at radius 1 is 1.14 bits per heavy atom. The molecule has 6 heteroatoms. The summed E-state index contributed by atoms with van der Waals surface area (Å²) in [5, 5.41) is 3.87. The molecule has 0 saturated carbocycles. The lowest BCUT2D eigenvalue weighted by Gasteiger charge is -2.15. The first-order valence-electron chi connectivity index (χ1n) is 9.93. The number of ether oxygens (including phenoxy) is 1. The Morgan fingerprint density at radius 3 is 2.62 bits per heavy atom. The summed E-state index contributed by atoms with van der Waals surface area (Å²) in [6.45, 7) is 3.77. The summed E-state index contributed by atoms with van der Waals surface area (Å²) in [6, 6.07) is 16.0. The van der Waals surface area contributed by atoms with Gasteiger partial charge in [0.1, 0.15) is 0 Å². The molecule has 5 nitrogen and oxygen atoms in total. The van der Waals surface area contributed by atoms with E-state index in [2.05, 4.69) is 29.4 Å². The number of hydrogen-bond acceptors (Lipinski definition) is 5. The molecule has 1 amide bonds. The molecule has 1 N–H and O–H groups in total. The highest BCUT2D eigenvalue weighted by molar-refractivity contribution is 7.18. The predicted octanol–water partition coefficient (Wildman–Crippen LogP) is 4.60. The van der Waals surface area contributed by atoms with Crippen molar-refractivity contribution >= 4 is 33.4 Å². The Labute approximate surface area is 175 Å². The first kappa shape index (κ1) is 21.0. The Hall–Kier alpha value is -2.73. The standard InChI is InChI=1S/C23H26N2O3S/c1-3-17-11-13-18(14-12-17)16(2)24-21(26)15-28-23(27)10-6-9-22-25-19-7-4-5-8-20(19)29-22/h4-5,7-8,11-14,16H,3,6,9-10,15H2,1-2H3,(H,24,26)/t16-/m0/s1. The highest BCUT2D eigenvalue weighted by Gasteiger charge is 2.12. The minimum Gasteiger partial charge on any atom is -0.456 e. The van der Waals surface area contributed by atoms with Gasteiger partial charge in [-0.15, -0.1) is 11.3 Å². The van der Waals surface area contributed by atoms with E-state index in [0.29, 0.717) is 6.42 Å². The van der Waals surface area contributed by atoms with Crippen LogP contribution in [-0.2, 0) is 27.2 Å². The number of rotatable bonds is 9. The first-order valence-corrected chi connectivity index (χ1v) is 10.7. The number of thiazole rings is 1. The first-order chi connectivity index (χ1) is 14.0. The van der Waals surface area contributed by atoms with Crippen LogP contribution in [0.15, 0.2) is 48.5 Å². The van der Waals surface area contributed by atoms with E-state index in [9.17, 15) is 9.59 Å². The molecule has 0 unspecified atom stereocenters. The predicted molar refractivity (Wildman–Crippen MR) is 116 cm³/mol. The third-order valence-corrected chi connectivity index (χ3v) is 5.84. The molecule has 0 bridgehead atoms. The van der Waals surface area contributed by atoms with Gasteiger partial charge in [0.15, 0.2) is 6.61 Å². The number of nitrogens with zero attached hydrogens (tertiary/aromatic N) is 1. The molecule has 0 radical (unpaired) electrons. The normalized spacial score (nSPS) is 11.9. The summed E-state index contributed by atoms with van der Waals surface area (Å²) in [5.41, 5.74) is 3.27. The molecular formula is C23H26N2O3S. The molecule has 0 aliphatic carbocycles. The number of aryl methyl sites for hydroxylation is 2. The van der Waals surface area contributed by atoms with Gasteiger partial charge >= 0.3 is 5.97 Å². The quantitative estimate of drug-likeness (QED) is 0.524. The highest BCUT2D eigenvalue weighted by Crippen LogP contribution is 2.22. The summed E-state index contributed by atoms with van der Waals surface area (Å²) in [5.74, 6) is -0.655. The van der Waals surface area contributed by atoms with Gasteiger partial charge in [-0.3, -0.25) is 9.59 Å². The molecule has 152 valence electrons. The fourth-order valence-electron chi connectivity index (χ4n) is 3.04. The number of carbonyl (C=O) groups is 2. The Balaban J connectivity index is 1.36. The van der Waals surface area contributed by atoms with E-state index in [4.69, 9.17) is 4.74 Å². The van der Waals surface area contributed by atoms with Gasteiger partial charge in [0, 0.05) is 6.42 Å². The van der Waals surface area contributed by atoms with Crippen molar-refractivity contribution in [1.29, 1.82) is 0 Å². The molecule has 0 aliphatic heterocycles. The van der Waals surface area contributed by atoms with E-state index in [1.165, 1.54) is 5.56 Å². The molecule has 1 aromatic heterocycles. The van der Waals surface area contributed by atoms with Crippen molar-refractivity contribution in [2.75, 3.05) is 6.61 Å². The molecular weight excluding hydrogens is 384 g/mol. The van der Waals surface area contributed by atoms with Crippen LogP contribution in [0.3, 0.4) is 0 Å². The third-order valence-electron chi connectivity index (χ3n) is 4.74. The van der Waals surface area contributed by atoms with E-state index in [-0.39, 0.29) is 30.9 Å². The molecule has 0 fully saturated rings. The van der Waals surface area contributed by atoms with Crippen molar-refractivity contribution in [2.24, 2.45) is 0 Å². The highest BCUT2D eigenvalue weighted by atomic mass is 32.1. The van der Waals surface area contributed by atoms with E-state index >= 15 is 0 Å². The second-order valence-corrected chi connectivity index (χ2v) is 8.09. The molecule has 29 heavy (non-hydrogen) atoms.